The number of nitrogens with zero attached hydrogens (tertiary/aromatic N) is 2. The van der Waals surface area contributed by atoms with E-state index in [1.54, 1.807) is 6.92 Å². The average Bonchev–Trinajstić information content (AvgIpc) is 2.71. The minimum absolute atomic E-state index is 0.0103. The van der Waals surface area contributed by atoms with Crippen molar-refractivity contribution in [3.05, 3.63) is 28.1 Å². The van der Waals surface area contributed by atoms with Crippen LogP contribution in [0.5, 0.6) is 0 Å². The Bertz CT molecular complexity index is 508. The second kappa shape index (κ2) is 5.98. The number of aromatic nitrogens is 1. The summed E-state index contributed by atoms with van der Waals surface area (Å²) in [5, 5.41) is 21.9. The van der Waals surface area contributed by atoms with Crippen LogP contribution < -0.4 is 5.32 Å². The van der Waals surface area contributed by atoms with Gasteiger partial charge in [-0.1, -0.05) is 6.92 Å². The molecular weight excluding hydrogens is 254 g/mol. The molecule has 0 saturated carbocycles. The first-order chi connectivity index (χ1) is 8.86. The topological polar surface area (TPSA) is 114 Å². The van der Waals surface area contributed by atoms with Gasteiger partial charge < -0.3 is 15.0 Å². The summed E-state index contributed by atoms with van der Waals surface area (Å²) in [6.45, 7) is 1.70. The van der Waals surface area contributed by atoms with E-state index in [-0.39, 0.29) is 17.9 Å². The number of nitro groups is 1. The Kier molecular flexibility index (Phi) is 4.62. The lowest BCUT2D eigenvalue weighted by Gasteiger charge is -2.11. The Balaban J connectivity index is 2.73. The third-order valence-electron chi connectivity index (χ3n) is 2.79. The van der Waals surface area contributed by atoms with Gasteiger partial charge in [0.15, 0.2) is 0 Å². The van der Waals surface area contributed by atoms with Gasteiger partial charge in [0.1, 0.15) is 5.69 Å². The fraction of sp³-hybridized carbons (Fsp3) is 0.455. The molecule has 0 radical (unpaired) electrons. The molecule has 0 spiro atoms. The second-order valence-corrected chi connectivity index (χ2v) is 4.10. The van der Waals surface area contributed by atoms with Crippen molar-refractivity contribution in [3.63, 3.8) is 0 Å². The fourth-order valence-electron chi connectivity index (χ4n) is 1.59. The number of aliphatic carboxylic acids is 1. The van der Waals surface area contributed by atoms with Crippen molar-refractivity contribution in [1.29, 1.82) is 0 Å². The van der Waals surface area contributed by atoms with E-state index in [4.69, 9.17) is 5.11 Å². The van der Waals surface area contributed by atoms with Crippen LogP contribution in [0.2, 0.25) is 0 Å². The van der Waals surface area contributed by atoms with Crippen LogP contribution in [-0.2, 0) is 11.8 Å². The maximum atomic E-state index is 11.8. The highest BCUT2D eigenvalue weighted by Gasteiger charge is 2.20. The third kappa shape index (κ3) is 3.54. The molecule has 0 aliphatic rings. The Morgan fingerprint density at radius 2 is 2.21 bits per heavy atom. The zero-order valence-corrected chi connectivity index (χ0v) is 10.6. The van der Waals surface area contributed by atoms with Gasteiger partial charge in [0.2, 0.25) is 0 Å². The molecular formula is C11H15N3O5. The molecule has 1 unspecified atom stereocenters. The summed E-state index contributed by atoms with van der Waals surface area (Å²) in [6, 6.07) is 1.15. The van der Waals surface area contributed by atoms with Gasteiger partial charge in [0, 0.05) is 19.7 Å². The van der Waals surface area contributed by atoms with E-state index >= 15 is 0 Å². The number of aryl methyl sites for hydroxylation is 1. The normalized spacial score (nSPS) is 11.9. The molecule has 19 heavy (non-hydrogen) atoms. The van der Waals surface area contributed by atoms with Crippen molar-refractivity contribution < 1.29 is 19.6 Å². The van der Waals surface area contributed by atoms with Gasteiger partial charge in [-0.25, -0.2) is 0 Å². The van der Waals surface area contributed by atoms with Crippen LogP contribution in [0.4, 0.5) is 5.69 Å². The Morgan fingerprint density at radius 1 is 1.58 bits per heavy atom. The largest absolute Gasteiger partial charge is 0.481 e. The van der Waals surface area contributed by atoms with Gasteiger partial charge in [-0.15, -0.1) is 0 Å². The van der Waals surface area contributed by atoms with Gasteiger partial charge in [-0.2, -0.15) is 0 Å². The van der Waals surface area contributed by atoms with E-state index in [0.717, 1.165) is 6.07 Å². The average molecular weight is 269 g/mol. The predicted molar refractivity (Wildman–Crippen MR) is 65.8 cm³/mol. The van der Waals surface area contributed by atoms with Gasteiger partial charge >= 0.3 is 5.97 Å². The minimum Gasteiger partial charge on any atom is -0.481 e. The van der Waals surface area contributed by atoms with Crippen molar-refractivity contribution in [2.75, 3.05) is 6.54 Å². The number of nitrogens with one attached hydrogen (secondary N) is 1. The van der Waals surface area contributed by atoms with Crippen molar-refractivity contribution in [2.45, 2.75) is 13.3 Å². The quantitative estimate of drug-likeness (QED) is 0.584. The van der Waals surface area contributed by atoms with Gasteiger partial charge in [-0.05, 0) is 6.42 Å². The Labute approximate surface area is 109 Å². The molecule has 1 aromatic heterocycles. The van der Waals surface area contributed by atoms with E-state index < -0.39 is 22.7 Å². The summed E-state index contributed by atoms with van der Waals surface area (Å²) < 4.78 is 1.33. The first kappa shape index (κ1) is 14.7. The molecule has 1 amide bonds. The molecule has 0 bridgehead atoms. The zero-order chi connectivity index (χ0) is 14.6. The van der Waals surface area contributed by atoms with E-state index in [2.05, 4.69) is 5.32 Å². The van der Waals surface area contributed by atoms with E-state index in [0.29, 0.717) is 6.42 Å². The van der Waals surface area contributed by atoms with Gasteiger partial charge in [-0.3, -0.25) is 19.7 Å². The number of hydrogen-bond donors (Lipinski definition) is 2. The number of carboxylic acid groups (broad SMARTS) is 1. The molecule has 0 fully saturated rings. The number of amides is 1. The van der Waals surface area contributed by atoms with Gasteiger partial charge in [0.25, 0.3) is 11.6 Å². The molecule has 2 N–H and O–H groups in total. The molecule has 0 aliphatic heterocycles. The third-order valence-corrected chi connectivity index (χ3v) is 2.79. The molecule has 0 aromatic carbocycles. The summed E-state index contributed by atoms with van der Waals surface area (Å²) in [4.78, 5) is 32.6. The van der Waals surface area contributed by atoms with E-state index in [9.17, 15) is 19.7 Å². The highest BCUT2D eigenvalue weighted by molar-refractivity contribution is 5.93. The first-order valence-corrected chi connectivity index (χ1v) is 5.68. The zero-order valence-electron chi connectivity index (χ0n) is 10.6. The molecule has 8 nitrogen and oxygen atoms in total. The molecule has 0 aliphatic carbocycles. The number of hydrogen-bond acceptors (Lipinski definition) is 4. The van der Waals surface area contributed by atoms with Crippen molar-refractivity contribution in [3.8, 4) is 0 Å². The van der Waals surface area contributed by atoms with Crippen LogP contribution in [0, 0.1) is 16.0 Å². The second-order valence-electron chi connectivity index (χ2n) is 4.10. The lowest BCUT2D eigenvalue weighted by Crippen LogP contribution is -2.33. The van der Waals surface area contributed by atoms with E-state index in [1.807, 2.05) is 0 Å². The van der Waals surface area contributed by atoms with Crippen molar-refractivity contribution in [2.24, 2.45) is 13.0 Å². The molecule has 0 saturated heterocycles. The lowest BCUT2D eigenvalue weighted by molar-refractivity contribution is -0.384. The molecule has 8 heteroatoms. The summed E-state index contributed by atoms with van der Waals surface area (Å²) in [5.41, 5.74) is -0.0649. The van der Waals surface area contributed by atoms with Crippen LogP contribution in [0.15, 0.2) is 12.3 Å². The standard InChI is InChI=1S/C11H15N3O5/c1-3-7(11(16)17)5-12-10(15)9-4-8(14(18)19)6-13(9)2/h4,6-7H,3,5H2,1-2H3,(H,12,15)(H,16,17). The highest BCUT2D eigenvalue weighted by Crippen LogP contribution is 2.15. The number of rotatable bonds is 6. The molecule has 104 valence electrons. The Morgan fingerprint density at radius 3 is 2.63 bits per heavy atom. The van der Waals surface area contributed by atoms with Gasteiger partial charge in [0.05, 0.1) is 17.0 Å². The van der Waals surface area contributed by atoms with Crippen LogP contribution in [0.3, 0.4) is 0 Å². The monoisotopic (exact) mass is 269 g/mol. The highest BCUT2D eigenvalue weighted by atomic mass is 16.6. The maximum Gasteiger partial charge on any atom is 0.308 e. The van der Waals surface area contributed by atoms with Crippen LogP contribution in [0.1, 0.15) is 23.8 Å². The Hall–Kier alpha value is -2.38. The summed E-state index contributed by atoms with van der Waals surface area (Å²) in [7, 11) is 1.51. The minimum atomic E-state index is -0.985. The maximum absolute atomic E-state index is 11.8. The molecule has 1 aromatic rings. The molecule has 1 rings (SSSR count). The van der Waals surface area contributed by atoms with Crippen molar-refractivity contribution in [1.82, 2.24) is 9.88 Å². The summed E-state index contributed by atoms with van der Waals surface area (Å²) >= 11 is 0. The van der Waals surface area contributed by atoms with Crippen LogP contribution in [-0.4, -0.2) is 33.0 Å². The SMILES string of the molecule is CCC(CNC(=O)c1cc([N+](=O)[O-])cn1C)C(=O)O. The molecule has 1 atom stereocenters. The lowest BCUT2D eigenvalue weighted by atomic mass is 10.1. The first-order valence-electron chi connectivity index (χ1n) is 5.68. The number of carbonyl (C=O) groups is 2. The summed E-state index contributed by atoms with van der Waals surface area (Å²) in [6.07, 6.45) is 1.62. The molecule has 1 heterocycles. The smallest absolute Gasteiger partial charge is 0.308 e. The predicted octanol–water partition coefficient (Wildman–Crippen LogP) is 0.774. The van der Waals surface area contributed by atoms with Crippen molar-refractivity contribution >= 4 is 17.6 Å². The van der Waals surface area contributed by atoms with E-state index in [1.165, 1.54) is 17.8 Å². The number of carbonyl (C=O) groups excluding carboxylic acids is 1. The van der Waals surface area contributed by atoms with Crippen LogP contribution >= 0.6 is 0 Å². The number of carboxylic acids is 1. The summed E-state index contributed by atoms with van der Waals surface area (Å²) in [5.74, 6) is -2.19. The fourth-order valence-corrected chi connectivity index (χ4v) is 1.59. The van der Waals surface area contributed by atoms with Crippen LogP contribution in [0.25, 0.3) is 0 Å².